The maximum absolute atomic E-state index is 11.1. The molecular formula is C11H13N3O5. The fourth-order valence-electron chi connectivity index (χ4n) is 1.80. The number of nitro groups is 1. The van der Waals surface area contributed by atoms with Gasteiger partial charge in [0.25, 0.3) is 0 Å². The average molecular weight is 267 g/mol. The summed E-state index contributed by atoms with van der Waals surface area (Å²) in [5.74, 6) is 0.313. The first kappa shape index (κ1) is 13.1. The molecule has 0 fully saturated rings. The molecule has 2 rings (SSSR count). The summed E-state index contributed by atoms with van der Waals surface area (Å²) in [6.07, 6.45) is 1.38. The van der Waals surface area contributed by atoms with Crippen LogP contribution in [0, 0.1) is 10.1 Å². The highest BCUT2D eigenvalue weighted by Gasteiger charge is 2.34. The number of hydrogen-bond donors (Lipinski definition) is 1. The van der Waals surface area contributed by atoms with Gasteiger partial charge in [0.1, 0.15) is 6.34 Å². The van der Waals surface area contributed by atoms with Crippen LogP contribution in [0.5, 0.6) is 11.5 Å². The van der Waals surface area contributed by atoms with Crippen molar-refractivity contribution in [2.24, 2.45) is 4.99 Å². The summed E-state index contributed by atoms with van der Waals surface area (Å²) < 4.78 is 10.1. The van der Waals surface area contributed by atoms with Crippen LogP contribution in [0.25, 0.3) is 0 Å². The maximum Gasteiger partial charge on any atom is 0.315 e. The average Bonchev–Trinajstić information content (AvgIpc) is 2.85. The number of methoxy groups -OCH3 is 2. The van der Waals surface area contributed by atoms with E-state index in [1.807, 2.05) is 0 Å². The Kier molecular flexibility index (Phi) is 3.26. The SMILES string of the molecule is COc1cc(C2(C)N=CNO2)cc([N+](=O)[O-])c1OC. The molecule has 0 spiro atoms. The molecule has 1 aliphatic heterocycles. The second-order valence-electron chi connectivity index (χ2n) is 3.95. The molecule has 1 atom stereocenters. The molecule has 1 heterocycles. The molecule has 1 aromatic carbocycles. The van der Waals surface area contributed by atoms with Crippen LogP contribution >= 0.6 is 0 Å². The molecule has 0 radical (unpaired) electrons. The smallest absolute Gasteiger partial charge is 0.315 e. The van der Waals surface area contributed by atoms with Gasteiger partial charge in [-0.15, -0.1) is 0 Å². The molecular weight excluding hydrogens is 254 g/mol. The number of aliphatic imine (C=N–C) groups is 1. The monoisotopic (exact) mass is 267 g/mol. The Morgan fingerprint density at radius 3 is 2.63 bits per heavy atom. The third-order valence-electron chi connectivity index (χ3n) is 2.81. The largest absolute Gasteiger partial charge is 0.493 e. The number of hydroxylamine groups is 1. The molecule has 0 aromatic heterocycles. The highest BCUT2D eigenvalue weighted by Crippen LogP contribution is 2.42. The van der Waals surface area contributed by atoms with E-state index in [1.54, 1.807) is 13.0 Å². The van der Waals surface area contributed by atoms with Crippen molar-refractivity contribution >= 4 is 12.0 Å². The lowest BCUT2D eigenvalue weighted by molar-refractivity contribution is -0.386. The molecule has 0 bridgehead atoms. The Bertz CT molecular complexity index is 545. The van der Waals surface area contributed by atoms with Crippen LogP contribution in [0.3, 0.4) is 0 Å². The van der Waals surface area contributed by atoms with Gasteiger partial charge in [0, 0.05) is 11.6 Å². The summed E-state index contributed by atoms with van der Waals surface area (Å²) >= 11 is 0. The zero-order chi connectivity index (χ0) is 14.0. The van der Waals surface area contributed by atoms with E-state index in [9.17, 15) is 10.1 Å². The van der Waals surface area contributed by atoms with Crippen molar-refractivity contribution in [1.29, 1.82) is 0 Å². The molecule has 0 saturated carbocycles. The van der Waals surface area contributed by atoms with Crippen molar-refractivity contribution in [3.05, 3.63) is 27.8 Å². The standard InChI is InChI=1S/C11H13N3O5/c1-11(12-6-13-19-11)7-4-8(14(15)16)10(18-3)9(5-7)17-2/h4-6H,1-3H3,(H,12,13). The maximum atomic E-state index is 11.1. The molecule has 1 aliphatic rings. The summed E-state index contributed by atoms with van der Waals surface area (Å²) in [4.78, 5) is 19.9. The minimum Gasteiger partial charge on any atom is -0.493 e. The minimum atomic E-state index is -1.04. The second kappa shape index (κ2) is 4.73. The topological polar surface area (TPSA) is 95.2 Å². The van der Waals surface area contributed by atoms with E-state index in [1.165, 1.54) is 26.6 Å². The Hall–Kier alpha value is -2.35. The first-order chi connectivity index (χ1) is 9.01. The van der Waals surface area contributed by atoms with E-state index >= 15 is 0 Å². The molecule has 8 heteroatoms. The first-order valence-electron chi connectivity index (χ1n) is 5.40. The van der Waals surface area contributed by atoms with Crippen LogP contribution in [-0.4, -0.2) is 25.5 Å². The van der Waals surface area contributed by atoms with Crippen LogP contribution < -0.4 is 15.0 Å². The highest BCUT2D eigenvalue weighted by molar-refractivity contribution is 5.61. The van der Waals surface area contributed by atoms with Crippen LogP contribution in [0.15, 0.2) is 17.1 Å². The van der Waals surface area contributed by atoms with Crippen LogP contribution in [0.2, 0.25) is 0 Å². The molecule has 0 saturated heterocycles. The summed E-state index contributed by atoms with van der Waals surface area (Å²) in [5, 5.41) is 11.1. The molecule has 1 aromatic rings. The number of ether oxygens (including phenoxy) is 2. The predicted molar refractivity (Wildman–Crippen MR) is 66.3 cm³/mol. The number of hydrogen-bond acceptors (Lipinski definition) is 7. The third-order valence-corrected chi connectivity index (χ3v) is 2.81. The summed E-state index contributed by atoms with van der Waals surface area (Å²) in [6, 6.07) is 2.95. The molecule has 1 N–H and O–H groups in total. The van der Waals surface area contributed by atoms with Gasteiger partial charge in [-0.2, -0.15) is 0 Å². The van der Waals surface area contributed by atoms with E-state index < -0.39 is 10.6 Å². The fourth-order valence-corrected chi connectivity index (χ4v) is 1.80. The van der Waals surface area contributed by atoms with Gasteiger partial charge >= 0.3 is 5.69 Å². The summed E-state index contributed by atoms with van der Waals surface area (Å²) in [7, 11) is 2.75. The van der Waals surface area contributed by atoms with Gasteiger partial charge in [0.2, 0.25) is 11.5 Å². The third kappa shape index (κ3) is 2.17. The van der Waals surface area contributed by atoms with Gasteiger partial charge in [0.15, 0.2) is 5.75 Å². The van der Waals surface area contributed by atoms with Crippen molar-refractivity contribution < 1.29 is 19.2 Å². The quantitative estimate of drug-likeness (QED) is 0.653. The van der Waals surface area contributed by atoms with Crippen molar-refractivity contribution in [1.82, 2.24) is 5.48 Å². The Labute approximate surface area is 109 Å². The number of nitrogens with zero attached hydrogens (tertiary/aromatic N) is 2. The Morgan fingerprint density at radius 1 is 1.42 bits per heavy atom. The molecule has 0 amide bonds. The van der Waals surface area contributed by atoms with Crippen LogP contribution in [0.1, 0.15) is 12.5 Å². The Balaban J connectivity index is 2.61. The van der Waals surface area contributed by atoms with Crippen molar-refractivity contribution in [2.45, 2.75) is 12.6 Å². The van der Waals surface area contributed by atoms with Gasteiger partial charge < -0.3 is 9.47 Å². The minimum absolute atomic E-state index is 0.0646. The number of nitrogens with one attached hydrogen (secondary N) is 1. The van der Waals surface area contributed by atoms with E-state index in [0.717, 1.165) is 0 Å². The highest BCUT2D eigenvalue weighted by atomic mass is 16.7. The van der Waals surface area contributed by atoms with Crippen LogP contribution in [-0.2, 0) is 10.6 Å². The lowest BCUT2D eigenvalue weighted by Crippen LogP contribution is -2.23. The molecule has 0 aliphatic carbocycles. The molecule has 1 unspecified atom stereocenters. The molecule has 19 heavy (non-hydrogen) atoms. The number of nitro benzene ring substituents is 1. The van der Waals surface area contributed by atoms with Crippen molar-refractivity contribution in [3.63, 3.8) is 0 Å². The molecule has 102 valence electrons. The van der Waals surface area contributed by atoms with Gasteiger partial charge in [-0.25, -0.2) is 9.83 Å². The van der Waals surface area contributed by atoms with E-state index in [0.29, 0.717) is 5.56 Å². The summed E-state index contributed by atoms with van der Waals surface area (Å²) in [5.41, 5.74) is 1.73. The van der Waals surface area contributed by atoms with Gasteiger partial charge in [-0.3, -0.25) is 15.6 Å². The lowest BCUT2D eigenvalue weighted by Gasteiger charge is -2.20. The summed E-state index contributed by atoms with van der Waals surface area (Å²) in [6.45, 7) is 1.68. The van der Waals surface area contributed by atoms with Gasteiger partial charge in [-0.05, 0) is 13.0 Å². The normalized spacial score (nSPS) is 21.0. The molecule has 8 nitrogen and oxygen atoms in total. The number of rotatable bonds is 4. The zero-order valence-corrected chi connectivity index (χ0v) is 10.7. The van der Waals surface area contributed by atoms with Crippen LogP contribution in [0.4, 0.5) is 5.69 Å². The lowest BCUT2D eigenvalue weighted by atomic mass is 10.0. The predicted octanol–water partition coefficient (Wildman–Crippen LogP) is 1.35. The second-order valence-corrected chi connectivity index (χ2v) is 3.95. The van der Waals surface area contributed by atoms with Crippen molar-refractivity contribution in [2.75, 3.05) is 14.2 Å². The van der Waals surface area contributed by atoms with E-state index in [4.69, 9.17) is 14.3 Å². The fraction of sp³-hybridized carbons (Fsp3) is 0.364. The van der Waals surface area contributed by atoms with E-state index in [2.05, 4.69) is 10.5 Å². The van der Waals surface area contributed by atoms with Gasteiger partial charge in [0.05, 0.1) is 19.1 Å². The number of benzene rings is 1. The Morgan fingerprint density at radius 2 is 2.16 bits per heavy atom. The first-order valence-corrected chi connectivity index (χ1v) is 5.40. The van der Waals surface area contributed by atoms with Gasteiger partial charge in [-0.1, -0.05) is 0 Å². The zero-order valence-electron chi connectivity index (χ0n) is 10.7. The van der Waals surface area contributed by atoms with E-state index in [-0.39, 0.29) is 17.2 Å². The van der Waals surface area contributed by atoms with Crippen molar-refractivity contribution in [3.8, 4) is 11.5 Å².